The van der Waals surface area contributed by atoms with Crippen molar-refractivity contribution in [2.75, 3.05) is 31.6 Å². The summed E-state index contributed by atoms with van der Waals surface area (Å²) in [7, 11) is 0. The van der Waals surface area contributed by atoms with Gasteiger partial charge in [0.25, 0.3) is 5.69 Å². The van der Waals surface area contributed by atoms with Crippen LogP contribution in [0.25, 0.3) is 0 Å². The number of rotatable bonds is 7. The van der Waals surface area contributed by atoms with Crippen LogP contribution in [0, 0.1) is 17.0 Å². The molecule has 0 spiro atoms. The van der Waals surface area contributed by atoms with E-state index < -0.39 is 0 Å². The lowest BCUT2D eigenvalue weighted by molar-refractivity contribution is -0.384. The van der Waals surface area contributed by atoms with Crippen molar-refractivity contribution < 1.29 is 9.66 Å². The van der Waals surface area contributed by atoms with Crippen LogP contribution in [0.1, 0.15) is 24.8 Å². The van der Waals surface area contributed by atoms with E-state index in [1.165, 1.54) is 0 Å². The van der Waals surface area contributed by atoms with Crippen molar-refractivity contribution >= 4 is 11.4 Å². The Morgan fingerprint density at radius 1 is 1.43 bits per heavy atom. The normalized spacial score (nSPS) is 15.9. The van der Waals surface area contributed by atoms with E-state index in [1.54, 1.807) is 12.1 Å². The lowest BCUT2D eigenvalue weighted by Crippen LogP contribution is -2.32. The molecule has 1 saturated heterocycles. The molecule has 1 heterocycles. The van der Waals surface area contributed by atoms with Gasteiger partial charge in [-0.3, -0.25) is 10.1 Å². The van der Waals surface area contributed by atoms with Crippen molar-refractivity contribution in [1.82, 2.24) is 5.32 Å². The maximum atomic E-state index is 11.0. The second-order valence-corrected chi connectivity index (χ2v) is 5.38. The minimum atomic E-state index is -0.354. The SMILES string of the molecule is Cc1ccc([N+](=O)[O-])c(NCCCOC2CCNCC2)c1. The van der Waals surface area contributed by atoms with Crippen LogP contribution in [-0.4, -0.2) is 37.3 Å². The van der Waals surface area contributed by atoms with Gasteiger partial charge in [0.05, 0.1) is 11.0 Å². The molecule has 0 unspecified atom stereocenters. The van der Waals surface area contributed by atoms with Gasteiger partial charge in [-0.2, -0.15) is 0 Å². The van der Waals surface area contributed by atoms with E-state index in [2.05, 4.69) is 10.6 Å². The van der Waals surface area contributed by atoms with Crippen LogP contribution in [0.4, 0.5) is 11.4 Å². The summed E-state index contributed by atoms with van der Waals surface area (Å²) in [6, 6.07) is 5.11. The van der Waals surface area contributed by atoms with Crippen molar-refractivity contribution in [2.45, 2.75) is 32.3 Å². The van der Waals surface area contributed by atoms with Gasteiger partial charge in [-0.15, -0.1) is 0 Å². The molecular weight excluding hydrogens is 270 g/mol. The minimum Gasteiger partial charge on any atom is -0.379 e. The van der Waals surface area contributed by atoms with Gasteiger partial charge >= 0.3 is 0 Å². The lowest BCUT2D eigenvalue weighted by Gasteiger charge is -2.22. The van der Waals surface area contributed by atoms with Crippen LogP contribution in [0.15, 0.2) is 18.2 Å². The average Bonchev–Trinajstić information content (AvgIpc) is 2.48. The molecule has 0 amide bonds. The Morgan fingerprint density at radius 3 is 2.90 bits per heavy atom. The fourth-order valence-electron chi connectivity index (χ4n) is 2.46. The number of ether oxygens (including phenoxy) is 1. The summed E-state index contributed by atoms with van der Waals surface area (Å²) < 4.78 is 5.81. The smallest absolute Gasteiger partial charge is 0.292 e. The van der Waals surface area contributed by atoms with E-state index in [0.717, 1.165) is 37.9 Å². The Hall–Kier alpha value is -1.66. The summed E-state index contributed by atoms with van der Waals surface area (Å²) in [6.07, 6.45) is 3.34. The number of anilines is 1. The molecule has 0 atom stereocenters. The second-order valence-electron chi connectivity index (χ2n) is 5.38. The molecule has 1 fully saturated rings. The molecule has 0 aromatic heterocycles. The number of hydrogen-bond donors (Lipinski definition) is 2. The number of piperidine rings is 1. The Morgan fingerprint density at radius 2 is 2.19 bits per heavy atom. The monoisotopic (exact) mass is 293 g/mol. The fourth-order valence-corrected chi connectivity index (χ4v) is 2.46. The largest absolute Gasteiger partial charge is 0.379 e. The third-order valence-electron chi connectivity index (χ3n) is 3.63. The molecular formula is C15H23N3O3. The zero-order valence-corrected chi connectivity index (χ0v) is 12.4. The topological polar surface area (TPSA) is 76.4 Å². The van der Waals surface area contributed by atoms with Crippen LogP contribution in [0.5, 0.6) is 0 Å². The van der Waals surface area contributed by atoms with Crippen LogP contribution in [0.2, 0.25) is 0 Å². The van der Waals surface area contributed by atoms with Gasteiger partial charge < -0.3 is 15.4 Å². The second kappa shape index (κ2) is 7.95. The van der Waals surface area contributed by atoms with Crippen molar-refractivity contribution in [3.8, 4) is 0 Å². The molecule has 2 N–H and O–H groups in total. The summed E-state index contributed by atoms with van der Waals surface area (Å²) in [5, 5.41) is 17.4. The number of nitro benzene ring substituents is 1. The predicted molar refractivity (Wildman–Crippen MR) is 82.8 cm³/mol. The number of nitro groups is 1. The van der Waals surface area contributed by atoms with E-state index in [-0.39, 0.29) is 10.6 Å². The first kappa shape index (κ1) is 15.7. The molecule has 1 aliphatic rings. The van der Waals surface area contributed by atoms with Gasteiger partial charge in [0.1, 0.15) is 5.69 Å². The maximum absolute atomic E-state index is 11.0. The highest BCUT2D eigenvalue weighted by Gasteiger charge is 2.14. The molecule has 1 aromatic carbocycles. The quantitative estimate of drug-likeness (QED) is 0.459. The van der Waals surface area contributed by atoms with Gasteiger partial charge in [-0.1, -0.05) is 6.07 Å². The first-order chi connectivity index (χ1) is 10.2. The number of hydrogen-bond acceptors (Lipinski definition) is 5. The average molecular weight is 293 g/mol. The Balaban J connectivity index is 1.73. The lowest BCUT2D eigenvalue weighted by atomic mass is 10.1. The van der Waals surface area contributed by atoms with Gasteiger partial charge in [0.15, 0.2) is 0 Å². The van der Waals surface area contributed by atoms with Crippen molar-refractivity contribution in [3.63, 3.8) is 0 Å². The van der Waals surface area contributed by atoms with Gasteiger partial charge in [0.2, 0.25) is 0 Å². The van der Waals surface area contributed by atoms with Crippen molar-refractivity contribution in [3.05, 3.63) is 33.9 Å². The molecule has 21 heavy (non-hydrogen) atoms. The van der Waals surface area contributed by atoms with E-state index in [9.17, 15) is 10.1 Å². The molecule has 6 nitrogen and oxygen atoms in total. The van der Waals surface area contributed by atoms with Gasteiger partial charge in [-0.25, -0.2) is 0 Å². The molecule has 116 valence electrons. The highest BCUT2D eigenvalue weighted by Crippen LogP contribution is 2.25. The third-order valence-corrected chi connectivity index (χ3v) is 3.63. The Bertz CT molecular complexity index is 473. The summed E-state index contributed by atoms with van der Waals surface area (Å²) in [5.74, 6) is 0. The van der Waals surface area contributed by atoms with E-state index in [0.29, 0.717) is 24.9 Å². The molecule has 1 aromatic rings. The number of benzene rings is 1. The van der Waals surface area contributed by atoms with Crippen molar-refractivity contribution in [1.29, 1.82) is 0 Å². The molecule has 0 saturated carbocycles. The first-order valence-corrected chi connectivity index (χ1v) is 7.48. The molecule has 1 aliphatic heterocycles. The summed E-state index contributed by atoms with van der Waals surface area (Å²) in [4.78, 5) is 10.6. The van der Waals surface area contributed by atoms with Crippen LogP contribution < -0.4 is 10.6 Å². The van der Waals surface area contributed by atoms with Gasteiger partial charge in [-0.05, 0) is 50.9 Å². The summed E-state index contributed by atoms with van der Waals surface area (Å²) in [5.41, 5.74) is 1.72. The highest BCUT2D eigenvalue weighted by molar-refractivity contribution is 5.62. The third kappa shape index (κ3) is 4.99. The fraction of sp³-hybridized carbons (Fsp3) is 0.600. The van der Waals surface area contributed by atoms with Gasteiger partial charge in [0, 0.05) is 19.2 Å². The zero-order valence-electron chi connectivity index (χ0n) is 12.4. The zero-order chi connectivity index (χ0) is 15.1. The van der Waals surface area contributed by atoms with E-state index >= 15 is 0 Å². The predicted octanol–water partition coefficient (Wildman–Crippen LogP) is 2.47. The molecule has 6 heteroatoms. The highest BCUT2D eigenvalue weighted by atomic mass is 16.6. The molecule has 0 aliphatic carbocycles. The first-order valence-electron chi connectivity index (χ1n) is 7.48. The van der Waals surface area contributed by atoms with Crippen LogP contribution in [-0.2, 0) is 4.74 Å². The maximum Gasteiger partial charge on any atom is 0.292 e. The standard InChI is InChI=1S/C15H23N3O3/c1-12-3-4-15(18(19)20)14(11-12)17-7-2-10-21-13-5-8-16-9-6-13/h3-4,11,13,16-17H,2,5-10H2,1H3. The minimum absolute atomic E-state index is 0.125. The van der Waals surface area contributed by atoms with Crippen molar-refractivity contribution in [2.24, 2.45) is 0 Å². The van der Waals surface area contributed by atoms with Crippen LogP contribution >= 0.6 is 0 Å². The van der Waals surface area contributed by atoms with E-state index in [1.807, 2.05) is 13.0 Å². The number of aryl methyl sites for hydroxylation is 1. The number of nitrogens with zero attached hydrogens (tertiary/aromatic N) is 1. The molecule has 0 bridgehead atoms. The number of nitrogens with one attached hydrogen (secondary N) is 2. The van der Waals surface area contributed by atoms with E-state index in [4.69, 9.17) is 4.74 Å². The Labute approximate surface area is 125 Å². The van der Waals surface area contributed by atoms with Crippen LogP contribution in [0.3, 0.4) is 0 Å². The Kier molecular flexibility index (Phi) is 5.95. The summed E-state index contributed by atoms with van der Waals surface area (Å²) in [6.45, 7) is 5.35. The molecule has 2 rings (SSSR count). The summed E-state index contributed by atoms with van der Waals surface area (Å²) >= 11 is 0. The molecule has 0 radical (unpaired) electrons.